The average Bonchev–Trinajstić information content (AvgIpc) is 2.83. The predicted molar refractivity (Wildman–Crippen MR) is 81.3 cm³/mol. The molecule has 1 aromatic heterocycles. The minimum atomic E-state index is -0.159. The van der Waals surface area contributed by atoms with Crippen LogP contribution in [0.1, 0.15) is 30.6 Å². The Balaban J connectivity index is 2.44. The lowest BCUT2D eigenvalue weighted by molar-refractivity contribution is 0.511. The smallest absolute Gasteiger partial charge is 0.0905 e. The van der Waals surface area contributed by atoms with Crippen molar-refractivity contribution in [1.29, 1.82) is 0 Å². The molecule has 102 valence electrons. The lowest BCUT2D eigenvalue weighted by Gasteiger charge is -2.18. The molecule has 0 saturated carbocycles. The highest BCUT2D eigenvalue weighted by Gasteiger charge is 2.20. The Morgan fingerprint density at radius 3 is 2.89 bits per heavy atom. The molecule has 0 amide bonds. The summed E-state index contributed by atoms with van der Waals surface area (Å²) in [6, 6.07) is 5.83. The summed E-state index contributed by atoms with van der Waals surface area (Å²) < 4.78 is 3.86. The average molecular weight is 389 g/mol. The molecule has 1 unspecified atom stereocenters. The van der Waals surface area contributed by atoms with Crippen LogP contribution < -0.4 is 11.3 Å². The molecule has 0 aliphatic rings. The van der Waals surface area contributed by atoms with E-state index in [2.05, 4.69) is 54.5 Å². The van der Waals surface area contributed by atoms with E-state index in [1.54, 1.807) is 6.20 Å². The molecule has 0 fully saturated rings. The van der Waals surface area contributed by atoms with Gasteiger partial charge < -0.3 is 0 Å². The first kappa shape index (κ1) is 14.6. The molecule has 0 saturated heterocycles. The first-order chi connectivity index (χ1) is 9.17. The molecule has 5 nitrogen and oxygen atoms in total. The van der Waals surface area contributed by atoms with Gasteiger partial charge in [-0.25, -0.2) is 10.1 Å². The second kappa shape index (κ2) is 6.60. The van der Waals surface area contributed by atoms with Crippen molar-refractivity contribution in [2.24, 2.45) is 5.84 Å². The molecular formula is C12H15Br2N5. The molecule has 0 spiro atoms. The van der Waals surface area contributed by atoms with Crippen LogP contribution >= 0.6 is 31.9 Å². The molecule has 0 bridgehead atoms. The van der Waals surface area contributed by atoms with Gasteiger partial charge in [0.1, 0.15) is 0 Å². The van der Waals surface area contributed by atoms with Gasteiger partial charge in [-0.15, -0.1) is 5.10 Å². The number of benzene rings is 1. The van der Waals surface area contributed by atoms with Crippen LogP contribution in [0.3, 0.4) is 0 Å². The molecule has 1 aromatic carbocycles. The molecule has 1 atom stereocenters. The van der Waals surface area contributed by atoms with E-state index < -0.39 is 0 Å². The summed E-state index contributed by atoms with van der Waals surface area (Å²) in [6.07, 6.45) is 2.74. The normalized spacial score (nSPS) is 12.6. The minimum absolute atomic E-state index is 0.159. The maximum atomic E-state index is 5.72. The quantitative estimate of drug-likeness (QED) is 0.610. The van der Waals surface area contributed by atoms with Gasteiger partial charge in [-0.1, -0.05) is 44.0 Å². The highest BCUT2D eigenvalue weighted by molar-refractivity contribution is 9.11. The second-order valence-electron chi connectivity index (χ2n) is 4.15. The summed E-state index contributed by atoms with van der Waals surface area (Å²) in [6.45, 7) is 2.92. The predicted octanol–water partition coefficient (Wildman–Crippen LogP) is 2.77. The third kappa shape index (κ3) is 3.22. The van der Waals surface area contributed by atoms with E-state index in [1.165, 1.54) is 0 Å². The number of halogens is 2. The third-order valence-electron chi connectivity index (χ3n) is 2.81. The van der Waals surface area contributed by atoms with Crippen LogP contribution in [0.4, 0.5) is 0 Å². The Morgan fingerprint density at radius 2 is 2.21 bits per heavy atom. The van der Waals surface area contributed by atoms with Crippen LogP contribution in [0.2, 0.25) is 0 Å². The highest BCUT2D eigenvalue weighted by atomic mass is 79.9. The number of rotatable bonds is 5. The molecule has 19 heavy (non-hydrogen) atoms. The monoisotopic (exact) mass is 387 g/mol. The van der Waals surface area contributed by atoms with Gasteiger partial charge >= 0.3 is 0 Å². The van der Waals surface area contributed by atoms with Crippen molar-refractivity contribution in [3.8, 4) is 0 Å². The van der Waals surface area contributed by atoms with Crippen molar-refractivity contribution in [3.63, 3.8) is 0 Å². The summed E-state index contributed by atoms with van der Waals surface area (Å²) in [4.78, 5) is 0. The van der Waals surface area contributed by atoms with Gasteiger partial charge in [0.15, 0.2) is 0 Å². The zero-order valence-electron chi connectivity index (χ0n) is 10.5. The lowest BCUT2D eigenvalue weighted by atomic mass is 10.0. The van der Waals surface area contributed by atoms with Crippen LogP contribution in [-0.2, 0) is 6.54 Å². The zero-order valence-corrected chi connectivity index (χ0v) is 13.6. The molecule has 0 aliphatic carbocycles. The van der Waals surface area contributed by atoms with E-state index in [0.717, 1.165) is 33.2 Å². The molecule has 0 radical (unpaired) electrons. The summed E-state index contributed by atoms with van der Waals surface area (Å²) in [5.74, 6) is 5.72. The first-order valence-electron chi connectivity index (χ1n) is 5.96. The van der Waals surface area contributed by atoms with Gasteiger partial charge in [-0.3, -0.25) is 5.84 Å². The van der Waals surface area contributed by atoms with Crippen LogP contribution in [0, 0.1) is 0 Å². The molecule has 0 aliphatic heterocycles. The SMILES string of the molecule is CCCn1nncc1C(NN)c1cc(Br)ccc1Br. The number of nitrogens with one attached hydrogen (secondary N) is 1. The van der Waals surface area contributed by atoms with E-state index in [4.69, 9.17) is 5.84 Å². The Kier molecular flexibility index (Phi) is 5.09. The maximum absolute atomic E-state index is 5.72. The van der Waals surface area contributed by atoms with Crippen molar-refractivity contribution >= 4 is 31.9 Å². The van der Waals surface area contributed by atoms with Gasteiger partial charge in [0, 0.05) is 15.5 Å². The van der Waals surface area contributed by atoms with Crippen molar-refractivity contribution < 1.29 is 0 Å². The Morgan fingerprint density at radius 1 is 1.42 bits per heavy atom. The molecule has 7 heteroatoms. The first-order valence-corrected chi connectivity index (χ1v) is 7.55. The summed E-state index contributed by atoms with van der Waals surface area (Å²) >= 11 is 7.03. The molecule has 3 N–H and O–H groups in total. The van der Waals surface area contributed by atoms with Crippen molar-refractivity contribution in [2.45, 2.75) is 25.9 Å². The van der Waals surface area contributed by atoms with Gasteiger partial charge in [0.2, 0.25) is 0 Å². The third-order valence-corrected chi connectivity index (χ3v) is 4.03. The molecule has 1 heterocycles. The van der Waals surface area contributed by atoms with Crippen LogP contribution in [0.5, 0.6) is 0 Å². The van der Waals surface area contributed by atoms with Gasteiger partial charge in [-0.2, -0.15) is 0 Å². The lowest BCUT2D eigenvalue weighted by Crippen LogP contribution is -2.31. The number of nitrogens with zero attached hydrogens (tertiary/aromatic N) is 3. The van der Waals surface area contributed by atoms with E-state index >= 15 is 0 Å². The van der Waals surface area contributed by atoms with Gasteiger partial charge in [0.25, 0.3) is 0 Å². The molecular weight excluding hydrogens is 374 g/mol. The summed E-state index contributed by atoms with van der Waals surface area (Å²) in [7, 11) is 0. The van der Waals surface area contributed by atoms with Crippen LogP contribution in [0.15, 0.2) is 33.3 Å². The Bertz CT molecular complexity index is 555. The molecule has 2 rings (SSSR count). The fraction of sp³-hybridized carbons (Fsp3) is 0.333. The van der Waals surface area contributed by atoms with E-state index in [0.29, 0.717) is 0 Å². The fourth-order valence-electron chi connectivity index (χ4n) is 1.95. The number of hydrogen-bond donors (Lipinski definition) is 2. The second-order valence-corrected chi connectivity index (χ2v) is 5.92. The number of hydrogen-bond acceptors (Lipinski definition) is 4. The van der Waals surface area contributed by atoms with Gasteiger partial charge in [0.05, 0.1) is 17.9 Å². The van der Waals surface area contributed by atoms with Crippen LogP contribution in [0.25, 0.3) is 0 Å². The Labute approximate surface area is 128 Å². The Hall–Kier alpha value is -0.760. The number of nitrogens with two attached hydrogens (primary N) is 1. The van der Waals surface area contributed by atoms with Crippen molar-refractivity contribution in [2.75, 3.05) is 0 Å². The zero-order chi connectivity index (χ0) is 13.8. The summed E-state index contributed by atoms with van der Waals surface area (Å²) in [5.41, 5.74) is 4.82. The minimum Gasteiger partial charge on any atom is -0.271 e. The van der Waals surface area contributed by atoms with E-state index in [-0.39, 0.29) is 6.04 Å². The van der Waals surface area contributed by atoms with Crippen molar-refractivity contribution in [1.82, 2.24) is 20.4 Å². The van der Waals surface area contributed by atoms with E-state index in [9.17, 15) is 0 Å². The maximum Gasteiger partial charge on any atom is 0.0905 e. The van der Waals surface area contributed by atoms with Crippen LogP contribution in [-0.4, -0.2) is 15.0 Å². The summed E-state index contributed by atoms with van der Waals surface area (Å²) in [5, 5.41) is 8.07. The topological polar surface area (TPSA) is 68.8 Å². The largest absolute Gasteiger partial charge is 0.271 e. The highest BCUT2D eigenvalue weighted by Crippen LogP contribution is 2.30. The number of aromatic nitrogens is 3. The number of aryl methyl sites for hydroxylation is 1. The molecule has 2 aromatic rings. The standard InChI is InChI=1S/C12H15Br2N5/c1-2-5-19-11(7-16-18-19)12(17-15)9-6-8(13)3-4-10(9)14/h3-4,6-7,12,17H,2,5,15H2,1H3. The fourth-order valence-corrected chi connectivity index (χ4v) is 2.80. The van der Waals surface area contributed by atoms with Crippen molar-refractivity contribution in [3.05, 3.63) is 44.6 Å². The van der Waals surface area contributed by atoms with Gasteiger partial charge in [-0.05, 0) is 30.2 Å². The number of hydrazine groups is 1. The van der Waals surface area contributed by atoms with E-state index in [1.807, 2.05) is 22.9 Å².